The first kappa shape index (κ1) is 31.8. The molecule has 2 aromatic rings. The van der Waals surface area contributed by atoms with Crippen molar-refractivity contribution >= 4 is 29.6 Å². The van der Waals surface area contributed by atoms with Gasteiger partial charge in [-0.15, -0.1) is 0 Å². The van der Waals surface area contributed by atoms with E-state index in [-0.39, 0.29) is 31.4 Å². The molecule has 2 rings (SSSR count). The van der Waals surface area contributed by atoms with Gasteiger partial charge in [-0.05, 0) is 36.5 Å². The van der Waals surface area contributed by atoms with Gasteiger partial charge in [0.2, 0.25) is 23.6 Å². The van der Waals surface area contributed by atoms with Gasteiger partial charge in [-0.2, -0.15) is 0 Å². The van der Waals surface area contributed by atoms with Crippen LogP contribution in [0.1, 0.15) is 44.4 Å². The SMILES string of the molecule is CCC(C)C(NC(=O)C(CCC(N)=O)NC(=O)C(Cc1cnc[nH]1)NC(=O)C(N)Cc1ccc(O)cc1)C(=O)O. The lowest BCUT2D eigenvalue weighted by Crippen LogP contribution is -2.58. The van der Waals surface area contributed by atoms with Crippen LogP contribution in [0.5, 0.6) is 5.75 Å². The van der Waals surface area contributed by atoms with Crippen molar-refractivity contribution in [3.63, 3.8) is 0 Å². The van der Waals surface area contributed by atoms with E-state index in [4.69, 9.17) is 11.5 Å². The number of aliphatic carboxylic acids is 1. The Morgan fingerprint density at radius 2 is 1.60 bits per heavy atom. The van der Waals surface area contributed by atoms with Crippen LogP contribution in [0.15, 0.2) is 36.8 Å². The maximum absolute atomic E-state index is 13.4. The van der Waals surface area contributed by atoms with Crippen LogP contribution < -0.4 is 27.4 Å². The quantitative estimate of drug-likeness (QED) is 0.127. The molecule has 0 bridgehead atoms. The predicted molar refractivity (Wildman–Crippen MR) is 143 cm³/mol. The number of rotatable bonds is 16. The molecule has 10 N–H and O–H groups in total. The predicted octanol–water partition coefficient (Wildman–Crippen LogP) is -0.922. The second-order valence-corrected chi connectivity index (χ2v) is 9.60. The zero-order valence-corrected chi connectivity index (χ0v) is 22.4. The third-order valence-electron chi connectivity index (χ3n) is 6.43. The molecule has 0 fully saturated rings. The van der Waals surface area contributed by atoms with Crippen molar-refractivity contribution in [2.75, 3.05) is 0 Å². The molecule has 40 heavy (non-hydrogen) atoms. The summed E-state index contributed by atoms with van der Waals surface area (Å²) in [6.07, 6.45) is 2.98. The van der Waals surface area contributed by atoms with E-state index in [9.17, 15) is 34.2 Å². The van der Waals surface area contributed by atoms with Crippen molar-refractivity contribution in [3.8, 4) is 5.75 Å². The van der Waals surface area contributed by atoms with Gasteiger partial charge in [-0.25, -0.2) is 9.78 Å². The Morgan fingerprint density at radius 3 is 2.15 bits per heavy atom. The standard InChI is InChI=1S/C26H37N7O7/c1-3-14(2)22(26(39)40)33-24(37)19(8-9-21(28)35)31-25(38)20(11-16-12-29-13-30-16)32-23(36)18(27)10-15-4-6-17(34)7-5-15/h4-7,12-14,18-20,22,34H,3,8-11,27H2,1-2H3,(H2,28,35)(H,29,30)(H,31,38)(H,32,36)(H,33,37)(H,39,40). The molecule has 1 aromatic heterocycles. The summed E-state index contributed by atoms with van der Waals surface area (Å²) in [4.78, 5) is 69.2. The minimum Gasteiger partial charge on any atom is -0.508 e. The molecule has 4 amide bonds. The first-order chi connectivity index (χ1) is 18.9. The Bertz CT molecular complexity index is 1150. The topological polar surface area (TPSA) is 243 Å². The molecule has 0 radical (unpaired) electrons. The number of phenols is 1. The highest BCUT2D eigenvalue weighted by Gasteiger charge is 2.32. The molecule has 5 atom stereocenters. The number of carbonyl (C=O) groups is 5. The van der Waals surface area contributed by atoms with Gasteiger partial charge < -0.3 is 42.6 Å². The van der Waals surface area contributed by atoms with Crippen molar-refractivity contribution in [2.45, 2.75) is 70.1 Å². The van der Waals surface area contributed by atoms with E-state index in [0.29, 0.717) is 17.7 Å². The van der Waals surface area contributed by atoms with E-state index in [0.717, 1.165) is 0 Å². The number of aromatic amines is 1. The van der Waals surface area contributed by atoms with Gasteiger partial charge in [0, 0.05) is 24.7 Å². The van der Waals surface area contributed by atoms with E-state index in [1.807, 2.05) is 0 Å². The van der Waals surface area contributed by atoms with Gasteiger partial charge in [0.1, 0.15) is 23.9 Å². The molecule has 0 aliphatic heterocycles. The number of amides is 4. The van der Waals surface area contributed by atoms with Gasteiger partial charge in [-0.3, -0.25) is 19.2 Å². The second kappa shape index (κ2) is 15.2. The van der Waals surface area contributed by atoms with E-state index in [2.05, 4.69) is 25.9 Å². The Kier molecular flexibility index (Phi) is 12.1. The van der Waals surface area contributed by atoms with E-state index >= 15 is 0 Å². The van der Waals surface area contributed by atoms with Gasteiger partial charge in [0.25, 0.3) is 0 Å². The number of hydrogen-bond acceptors (Lipinski definition) is 8. The fourth-order valence-electron chi connectivity index (χ4n) is 3.85. The van der Waals surface area contributed by atoms with Crippen molar-refractivity contribution in [3.05, 3.63) is 48.0 Å². The highest BCUT2D eigenvalue weighted by molar-refractivity contribution is 5.94. The zero-order chi connectivity index (χ0) is 29.8. The Morgan fingerprint density at radius 1 is 0.975 bits per heavy atom. The summed E-state index contributed by atoms with van der Waals surface area (Å²) in [6.45, 7) is 3.43. The average Bonchev–Trinajstić information content (AvgIpc) is 3.42. The number of nitrogens with two attached hydrogens (primary N) is 2. The van der Waals surface area contributed by atoms with Crippen LogP contribution in [0.4, 0.5) is 0 Å². The third-order valence-corrected chi connectivity index (χ3v) is 6.43. The normalized spacial score (nSPS) is 14.7. The first-order valence-corrected chi connectivity index (χ1v) is 12.8. The van der Waals surface area contributed by atoms with Crippen LogP contribution >= 0.6 is 0 Å². The Labute approximate surface area is 231 Å². The van der Waals surface area contributed by atoms with Gasteiger partial charge in [0.15, 0.2) is 0 Å². The molecule has 1 aromatic carbocycles. The number of primary amides is 1. The Hall–Kier alpha value is -4.46. The van der Waals surface area contributed by atoms with Crippen LogP contribution in [-0.2, 0) is 36.8 Å². The summed E-state index contributed by atoms with van der Waals surface area (Å²) in [5.41, 5.74) is 12.5. The smallest absolute Gasteiger partial charge is 0.326 e. The van der Waals surface area contributed by atoms with Crippen LogP contribution in [-0.4, -0.2) is 73.9 Å². The van der Waals surface area contributed by atoms with Crippen LogP contribution in [0.3, 0.4) is 0 Å². The van der Waals surface area contributed by atoms with E-state index < -0.39 is 59.7 Å². The van der Waals surface area contributed by atoms with Crippen molar-refractivity contribution in [2.24, 2.45) is 17.4 Å². The molecule has 0 aliphatic rings. The lowest BCUT2D eigenvalue weighted by atomic mass is 9.98. The molecule has 14 nitrogen and oxygen atoms in total. The van der Waals surface area contributed by atoms with E-state index in [1.165, 1.54) is 24.7 Å². The number of phenolic OH excluding ortho intramolecular Hbond substituents is 1. The summed E-state index contributed by atoms with van der Waals surface area (Å²) in [6, 6.07) is 1.38. The number of nitrogens with zero attached hydrogens (tertiary/aromatic N) is 1. The highest BCUT2D eigenvalue weighted by atomic mass is 16.4. The molecular weight excluding hydrogens is 522 g/mol. The molecule has 218 valence electrons. The summed E-state index contributed by atoms with van der Waals surface area (Å²) in [5.74, 6) is -4.52. The number of imidazole rings is 1. The number of H-pyrrole nitrogens is 1. The minimum absolute atomic E-state index is 0.0295. The molecule has 1 heterocycles. The third kappa shape index (κ3) is 10.0. The minimum atomic E-state index is -1.31. The average molecular weight is 560 g/mol. The van der Waals surface area contributed by atoms with Crippen LogP contribution in [0.2, 0.25) is 0 Å². The van der Waals surface area contributed by atoms with E-state index in [1.54, 1.807) is 26.0 Å². The number of carboxylic acids is 1. The van der Waals surface area contributed by atoms with Gasteiger partial charge >= 0.3 is 5.97 Å². The Balaban J connectivity index is 2.20. The van der Waals surface area contributed by atoms with Gasteiger partial charge in [0.05, 0.1) is 12.4 Å². The number of aromatic nitrogens is 2. The van der Waals surface area contributed by atoms with Crippen LogP contribution in [0.25, 0.3) is 0 Å². The first-order valence-electron chi connectivity index (χ1n) is 12.8. The lowest BCUT2D eigenvalue weighted by Gasteiger charge is -2.26. The molecule has 0 saturated heterocycles. The molecule has 0 aliphatic carbocycles. The number of nitrogens with one attached hydrogen (secondary N) is 4. The van der Waals surface area contributed by atoms with Crippen molar-refractivity contribution in [1.29, 1.82) is 0 Å². The zero-order valence-electron chi connectivity index (χ0n) is 22.4. The summed E-state index contributed by atoms with van der Waals surface area (Å²) < 4.78 is 0. The molecule has 14 heteroatoms. The van der Waals surface area contributed by atoms with Crippen LogP contribution in [0, 0.1) is 5.92 Å². The second-order valence-electron chi connectivity index (χ2n) is 9.60. The maximum atomic E-state index is 13.4. The monoisotopic (exact) mass is 559 g/mol. The van der Waals surface area contributed by atoms with Crippen molar-refractivity contribution < 1.29 is 34.2 Å². The summed E-state index contributed by atoms with van der Waals surface area (Å²) in [7, 11) is 0. The number of benzene rings is 1. The molecule has 5 unspecified atom stereocenters. The number of carbonyl (C=O) groups excluding carboxylic acids is 4. The largest absolute Gasteiger partial charge is 0.508 e. The molecular formula is C26H37N7O7. The highest BCUT2D eigenvalue weighted by Crippen LogP contribution is 2.12. The molecule has 0 spiro atoms. The summed E-state index contributed by atoms with van der Waals surface area (Å²) in [5, 5.41) is 26.5. The number of hydrogen-bond donors (Lipinski definition) is 8. The fourth-order valence-corrected chi connectivity index (χ4v) is 3.85. The van der Waals surface area contributed by atoms with Crippen molar-refractivity contribution in [1.82, 2.24) is 25.9 Å². The van der Waals surface area contributed by atoms with Gasteiger partial charge in [-0.1, -0.05) is 32.4 Å². The number of aromatic hydroxyl groups is 1. The lowest BCUT2D eigenvalue weighted by molar-refractivity contribution is -0.144. The fraction of sp³-hybridized carbons (Fsp3) is 0.462. The maximum Gasteiger partial charge on any atom is 0.326 e. The summed E-state index contributed by atoms with van der Waals surface area (Å²) >= 11 is 0. The molecule has 0 saturated carbocycles. The number of carboxylic acid groups (broad SMARTS) is 1.